The molecule has 0 spiro atoms. The van der Waals surface area contributed by atoms with Crippen LogP contribution < -0.4 is 0 Å². The minimum Gasteiger partial charge on any atom is -0.477 e. The highest BCUT2D eigenvalue weighted by Gasteiger charge is 2.25. The fourth-order valence-corrected chi connectivity index (χ4v) is 4.63. The first-order chi connectivity index (χ1) is 15.1. The number of aliphatic hydroxyl groups is 1. The molecule has 0 saturated carbocycles. The van der Waals surface area contributed by atoms with Crippen LogP contribution in [0.1, 0.15) is 23.0 Å². The van der Waals surface area contributed by atoms with Crippen molar-refractivity contribution in [2.45, 2.75) is 19.9 Å². The number of nitrogens with zero attached hydrogens (tertiary/aromatic N) is 1. The molecule has 6 nitrogen and oxygen atoms in total. The van der Waals surface area contributed by atoms with Crippen LogP contribution in [0.2, 0.25) is 0 Å². The van der Waals surface area contributed by atoms with Crippen LogP contribution in [-0.2, 0) is 13.0 Å². The molecule has 0 unspecified atom stereocenters. The summed E-state index contributed by atoms with van der Waals surface area (Å²) >= 11 is 0. The van der Waals surface area contributed by atoms with Gasteiger partial charge < -0.3 is 24.7 Å². The molecule has 5 rings (SSSR count). The Morgan fingerprint density at radius 2 is 1.84 bits per heavy atom. The van der Waals surface area contributed by atoms with Gasteiger partial charge in [-0.05, 0) is 41.8 Å². The lowest BCUT2D eigenvalue weighted by Crippen LogP contribution is -2.01. The molecular formula is C25H23N3O3. The Balaban J connectivity index is 1.82. The van der Waals surface area contributed by atoms with Crippen molar-refractivity contribution in [3.8, 4) is 22.4 Å². The van der Waals surface area contributed by atoms with E-state index in [1.165, 1.54) is 0 Å². The Morgan fingerprint density at radius 1 is 1.03 bits per heavy atom. The molecule has 6 heteroatoms. The summed E-state index contributed by atoms with van der Waals surface area (Å²) in [7, 11) is 0. The minimum absolute atomic E-state index is 0.0452. The highest BCUT2D eigenvalue weighted by molar-refractivity contribution is 6.06. The Labute approximate surface area is 178 Å². The predicted octanol–water partition coefficient (Wildman–Crippen LogP) is 5.04. The van der Waals surface area contributed by atoms with Gasteiger partial charge in [-0.25, -0.2) is 4.79 Å². The second-order valence-electron chi connectivity index (χ2n) is 7.60. The molecule has 31 heavy (non-hydrogen) atoms. The topological polar surface area (TPSA) is 94.0 Å². The number of nitrogens with one attached hydrogen (secondary N) is 2. The van der Waals surface area contributed by atoms with E-state index in [4.69, 9.17) is 0 Å². The predicted molar refractivity (Wildman–Crippen MR) is 122 cm³/mol. The van der Waals surface area contributed by atoms with Gasteiger partial charge in [-0.2, -0.15) is 0 Å². The monoisotopic (exact) mass is 413 g/mol. The molecule has 0 bridgehead atoms. The number of aromatic carboxylic acids is 1. The average Bonchev–Trinajstić information content (AvgIpc) is 3.50. The lowest BCUT2D eigenvalue weighted by Gasteiger charge is -2.10. The first-order valence-corrected chi connectivity index (χ1v) is 10.4. The van der Waals surface area contributed by atoms with Gasteiger partial charge in [-0.1, -0.05) is 31.2 Å². The highest BCUT2D eigenvalue weighted by atomic mass is 16.4. The first-order valence-electron chi connectivity index (χ1n) is 10.4. The zero-order chi connectivity index (χ0) is 21.5. The van der Waals surface area contributed by atoms with Crippen LogP contribution in [0, 0.1) is 0 Å². The average molecular weight is 413 g/mol. The normalized spacial score (nSPS) is 11.5. The number of fused-ring (bicyclic) bond motifs is 2. The summed E-state index contributed by atoms with van der Waals surface area (Å²) < 4.78 is 1.99. The molecule has 3 aromatic heterocycles. The third-order valence-corrected chi connectivity index (χ3v) is 5.96. The Bertz CT molecular complexity index is 1420. The lowest BCUT2D eigenvalue weighted by atomic mass is 9.93. The fraction of sp³-hybridized carbons (Fsp3) is 0.160. The lowest BCUT2D eigenvalue weighted by molar-refractivity contribution is 0.0692. The van der Waals surface area contributed by atoms with E-state index >= 15 is 0 Å². The molecule has 3 heterocycles. The number of benzene rings is 2. The number of H-pyrrole nitrogens is 2. The molecular weight excluding hydrogens is 390 g/mol. The van der Waals surface area contributed by atoms with Gasteiger partial charge >= 0.3 is 5.97 Å². The van der Waals surface area contributed by atoms with E-state index < -0.39 is 5.97 Å². The van der Waals surface area contributed by atoms with E-state index in [9.17, 15) is 15.0 Å². The Hall–Kier alpha value is -3.77. The molecule has 0 aliphatic carbocycles. The number of aliphatic hydroxyl groups excluding tert-OH is 1. The second-order valence-corrected chi connectivity index (χ2v) is 7.60. The second kappa shape index (κ2) is 7.49. The molecule has 0 aliphatic rings. The smallest absolute Gasteiger partial charge is 0.352 e. The van der Waals surface area contributed by atoms with Crippen LogP contribution in [-0.4, -0.2) is 37.3 Å². The van der Waals surface area contributed by atoms with E-state index in [2.05, 4.69) is 16.9 Å². The van der Waals surface area contributed by atoms with Crippen LogP contribution >= 0.6 is 0 Å². The standard InChI is InChI=1S/C25H23N3O3/c1-2-15-22(18-5-4-8-21-17(18)10-12-28(21)13-14-29)24(25(30)31)27-23(15)19-6-3-7-20-16(19)9-11-26-20/h3-12,26-27,29H,2,13-14H2,1H3,(H,30,31). The summed E-state index contributed by atoms with van der Waals surface area (Å²) in [6.07, 6.45) is 4.51. The van der Waals surface area contributed by atoms with Crippen LogP contribution in [0.15, 0.2) is 60.9 Å². The number of aromatic nitrogens is 3. The van der Waals surface area contributed by atoms with Crippen molar-refractivity contribution in [3.63, 3.8) is 0 Å². The molecule has 156 valence electrons. The van der Waals surface area contributed by atoms with Crippen LogP contribution in [0.25, 0.3) is 44.2 Å². The number of rotatable bonds is 6. The van der Waals surface area contributed by atoms with E-state index in [0.29, 0.717) is 13.0 Å². The first kappa shape index (κ1) is 19.2. The van der Waals surface area contributed by atoms with Gasteiger partial charge in [0.25, 0.3) is 0 Å². The molecule has 2 aromatic carbocycles. The van der Waals surface area contributed by atoms with Gasteiger partial charge in [0.05, 0.1) is 12.3 Å². The Morgan fingerprint density at radius 3 is 2.61 bits per heavy atom. The van der Waals surface area contributed by atoms with Gasteiger partial charge in [-0.3, -0.25) is 0 Å². The number of carboxylic acids is 1. The van der Waals surface area contributed by atoms with Crippen LogP contribution in [0.4, 0.5) is 0 Å². The molecule has 0 aliphatic heterocycles. The van der Waals surface area contributed by atoms with Crippen molar-refractivity contribution < 1.29 is 15.0 Å². The Kier molecular flexibility index (Phi) is 4.64. The number of hydrogen-bond acceptors (Lipinski definition) is 2. The van der Waals surface area contributed by atoms with Crippen molar-refractivity contribution >= 4 is 27.8 Å². The van der Waals surface area contributed by atoms with E-state index in [1.807, 2.05) is 65.5 Å². The van der Waals surface area contributed by atoms with E-state index in [-0.39, 0.29) is 12.3 Å². The van der Waals surface area contributed by atoms with Crippen molar-refractivity contribution in [2.75, 3.05) is 6.61 Å². The van der Waals surface area contributed by atoms with Gasteiger partial charge in [0.1, 0.15) is 5.69 Å². The summed E-state index contributed by atoms with van der Waals surface area (Å²) in [5, 5.41) is 21.5. The number of aromatic amines is 2. The van der Waals surface area contributed by atoms with Gasteiger partial charge in [0.15, 0.2) is 0 Å². The van der Waals surface area contributed by atoms with Crippen molar-refractivity contribution in [1.29, 1.82) is 0 Å². The van der Waals surface area contributed by atoms with E-state index in [1.54, 1.807) is 0 Å². The molecule has 0 amide bonds. The quantitative estimate of drug-likeness (QED) is 0.314. The molecule has 5 aromatic rings. The summed E-state index contributed by atoms with van der Waals surface area (Å²) in [5.41, 5.74) is 6.59. The maximum absolute atomic E-state index is 12.3. The third-order valence-electron chi connectivity index (χ3n) is 5.96. The zero-order valence-corrected chi connectivity index (χ0v) is 17.1. The van der Waals surface area contributed by atoms with Gasteiger partial charge in [-0.15, -0.1) is 0 Å². The fourth-order valence-electron chi connectivity index (χ4n) is 4.63. The molecule has 0 radical (unpaired) electrons. The SMILES string of the molecule is CCc1c(-c2cccc3[nH]ccc23)[nH]c(C(=O)O)c1-c1cccc2c1ccn2CCO. The number of carbonyl (C=O) groups is 1. The maximum atomic E-state index is 12.3. The maximum Gasteiger partial charge on any atom is 0.352 e. The van der Waals surface area contributed by atoms with Crippen LogP contribution in [0.5, 0.6) is 0 Å². The third kappa shape index (κ3) is 2.95. The zero-order valence-electron chi connectivity index (χ0n) is 17.1. The molecule has 0 saturated heterocycles. The highest BCUT2D eigenvalue weighted by Crippen LogP contribution is 2.41. The summed E-state index contributed by atoms with van der Waals surface area (Å²) in [5.74, 6) is -0.982. The van der Waals surface area contributed by atoms with Gasteiger partial charge in [0.2, 0.25) is 0 Å². The van der Waals surface area contributed by atoms with Crippen LogP contribution in [0.3, 0.4) is 0 Å². The molecule has 0 fully saturated rings. The summed E-state index contributed by atoms with van der Waals surface area (Å²) in [6.45, 7) is 2.59. The van der Waals surface area contributed by atoms with Crippen molar-refractivity contribution in [2.24, 2.45) is 0 Å². The number of carboxylic acid groups (broad SMARTS) is 1. The van der Waals surface area contributed by atoms with E-state index in [0.717, 1.165) is 49.8 Å². The van der Waals surface area contributed by atoms with Crippen molar-refractivity contribution in [1.82, 2.24) is 14.5 Å². The van der Waals surface area contributed by atoms with Crippen molar-refractivity contribution in [3.05, 3.63) is 72.2 Å². The summed E-state index contributed by atoms with van der Waals surface area (Å²) in [6, 6.07) is 15.9. The largest absolute Gasteiger partial charge is 0.477 e. The summed E-state index contributed by atoms with van der Waals surface area (Å²) in [4.78, 5) is 18.8. The number of hydrogen-bond donors (Lipinski definition) is 4. The minimum atomic E-state index is -0.982. The molecule has 0 atom stereocenters. The van der Waals surface area contributed by atoms with Gasteiger partial charge in [0, 0.05) is 51.9 Å². The molecule has 4 N–H and O–H groups in total.